The maximum Gasteiger partial charge on any atom is 0.466 e. The van der Waals surface area contributed by atoms with Crippen LogP contribution in [-0.2, 0) is 9.09 Å². The number of alkyl halides is 5. The van der Waals surface area contributed by atoms with E-state index in [4.69, 9.17) is 4.89 Å². The minimum atomic E-state index is -6.09. The SMILES string of the molecule is COP(=O)(O)C(F)(F)C(F)(F)F. The second-order valence-corrected chi connectivity index (χ2v) is 3.71. The molecular weight excluding hydrogens is 210 g/mol. The van der Waals surface area contributed by atoms with Crippen molar-refractivity contribution in [1.82, 2.24) is 0 Å². The van der Waals surface area contributed by atoms with Gasteiger partial charge >= 0.3 is 19.4 Å². The van der Waals surface area contributed by atoms with Crippen LogP contribution in [-0.4, -0.2) is 23.8 Å². The topological polar surface area (TPSA) is 46.5 Å². The Bertz CT molecular complexity index is 210. The lowest BCUT2D eigenvalue weighted by Crippen LogP contribution is -2.36. The summed E-state index contributed by atoms with van der Waals surface area (Å²) in [6.07, 6.45) is -6.09. The van der Waals surface area contributed by atoms with Gasteiger partial charge in [-0.25, -0.2) is 0 Å². The molecule has 0 fully saturated rings. The van der Waals surface area contributed by atoms with Gasteiger partial charge in [-0.05, 0) is 0 Å². The number of hydrogen-bond acceptors (Lipinski definition) is 2. The molecule has 0 rings (SSSR count). The minimum Gasteiger partial charge on any atom is -0.320 e. The molecule has 0 amide bonds. The van der Waals surface area contributed by atoms with Crippen molar-refractivity contribution in [3.8, 4) is 0 Å². The standard InChI is InChI=1S/C3H4F5O3P/c1-11-12(9,10)3(7,8)2(4,5)6/h1H3,(H,9,10). The Labute approximate surface area is 63.7 Å². The van der Waals surface area contributed by atoms with Crippen molar-refractivity contribution in [1.29, 1.82) is 0 Å². The van der Waals surface area contributed by atoms with Crippen LogP contribution < -0.4 is 0 Å². The van der Waals surface area contributed by atoms with Crippen LogP contribution in [0.1, 0.15) is 0 Å². The predicted molar refractivity (Wildman–Crippen MR) is 27.8 cm³/mol. The molecule has 1 atom stereocenters. The van der Waals surface area contributed by atoms with Gasteiger partial charge in [0.1, 0.15) is 0 Å². The molecule has 0 heterocycles. The van der Waals surface area contributed by atoms with Crippen LogP contribution in [0, 0.1) is 0 Å². The van der Waals surface area contributed by atoms with Gasteiger partial charge < -0.3 is 9.42 Å². The Hall–Kier alpha value is -0.200. The van der Waals surface area contributed by atoms with E-state index in [1.165, 1.54) is 0 Å². The minimum absolute atomic E-state index is 0.292. The molecule has 74 valence electrons. The van der Waals surface area contributed by atoms with Crippen LogP contribution in [0.5, 0.6) is 0 Å². The van der Waals surface area contributed by atoms with Crippen LogP contribution in [0.4, 0.5) is 22.0 Å². The first-order valence-electron chi connectivity index (χ1n) is 2.39. The van der Waals surface area contributed by atoms with Crippen LogP contribution >= 0.6 is 7.60 Å². The zero-order valence-corrected chi connectivity index (χ0v) is 6.50. The van der Waals surface area contributed by atoms with Crippen LogP contribution in [0.2, 0.25) is 0 Å². The van der Waals surface area contributed by atoms with Crippen molar-refractivity contribution in [3.63, 3.8) is 0 Å². The molecule has 0 radical (unpaired) electrons. The lowest BCUT2D eigenvalue weighted by atomic mass is 10.7. The van der Waals surface area contributed by atoms with Gasteiger partial charge in [-0.3, -0.25) is 4.57 Å². The summed E-state index contributed by atoms with van der Waals surface area (Å²) in [6.45, 7) is 0. The highest BCUT2D eigenvalue weighted by molar-refractivity contribution is 7.54. The second-order valence-electron chi connectivity index (χ2n) is 1.74. The number of halogens is 5. The first-order chi connectivity index (χ1) is 5.06. The third-order valence-corrected chi connectivity index (χ3v) is 2.40. The summed E-state index contributed by atoms with van der Waals surface area (Å²) < 4.78 is 71.2. The molecule has 0 aromatic rings. The van der Waals surface area contributed by atoms with E-state index in [0.29, 0.717) is 7.11 Å². The maximum atomic E-state index is 11.9. The third-order valence-electron chi connectivity index (χ3n) is 0.943. The lowest BCUT2D eigenvalue weighted by Gasteiger charge is -2.22. The van der Waals surface area contributed by atoms with E-state index >= 15 is 0 Å². The molecule has 0 aliphatic heterocycles. The Morgan fingerprint density at radius 2 is 1.58 bits per heavy atom. The van der Waals surface area contributed by atoms with Gasteiger partial charge in [0.05, 0.1) is 0 Å². The summed E-state index contributed by atoms with van der Waals surface area (Å²) in [4.78, 5) is 8.05. The van der Waals surface area contributed by atoms with E-state index < -0.39 is 19.4 Å². The van der Waals surface area contributed by atoms with Gasteiger partial charge in [0, 0.05) is 7.11 Å². The largest absolute Gasteiger partial charge is 0.466 e. The van der Waals surface area contributed by atoms with Gasteiger partial charge in [0.25, 0.3) is 0 Å². The van der Waals surface area contributed by atoms with Crippen LogP contribution in [0.15, 0.2) is 0 Å². The molecule has 0 spiro atoms. The average Bonchev–Trinajstić information content (AvgIpc) is 1.85. The molecule has 3 nitrogen and oxygen atoms in total. The summed E-state index contributed by atoms with van der Waals surface area (Å²) in [6, 6.07) is 0. The van der Waals surface area contributed by atoms with Crippen molar-refractivity contribution in [3.05, 3.63) is 0 Å². The van der Waals surface area contributed by atoms with Crippen molar-refractivity contribution >= 4 is 7.60 Å². The summed E-state index contributed by atoms with van der Waals surface area (Å²) in [5.74, 6) is 0. The molecular formula is C3H4F5O3P. The normalized spacial score (nSPS) is 18.9. The highest BCUT2D eigenvalue weighted by Gasteiger charge is 2.70. The predicted octanol–water partition coefficient (Wildman–Crippen LogP) is 1.97. The van der Waals surface area contributed by atoms with Gasteiger partial charge in [-0.15, -0.1) is 0 Å². The number of rotatable bonds is 2. The quantitative estimate of drug-likeness (QED) is 0.564. The first-order valence-corrected chi connectivity index (χ1v) is 3.97. The first kappa shape index (κ1) is 11.8. The fourth-order valence-corrected chi connectivity index (χ4v) is 0.825. The molecule has 12 heavy (non-hydrogen) atoms. The maximum absolute atomic E-state index is 11.9. The second kappa shape index (κ2) is 2.93. The van der Waals surface area contributed by atoms with Gasteiger partial charge in [-0.1, -0.05) is 0 Å². The fourth-order valence-electron chi connectivity index (χ4n) is 0.275. The highest BCUT2D eigenvalue weighted by Crippen LogP contribution is 2.63. The molecule has 0 bridgehead atoms. The van der Waals surface area contributed by atoms with E-state index in [0.717, 1.165) is 0 Å². The van der Waals surface area contributed by atoms with Crippen molar-refractivity contribution in [2.24, 2.45) is 0 Å². The average molecular weight is 214 g/mol. The summed E-state index contributed by atoms with van der Waals surface area (Å²) in [5.41, 5.74) is -5.73. The molecule has 0 aromatic heterocycles. The van der Waals surface area contributed by atoms with E-state index in [2.05, 4.69) is 4.52 Å². The van der Waals surface area contributed by atoms with Crippen molar-refractivity contribution < 1.29 is 35.9 Å². The zero-order chi connectivity index (χ0) is 10.2. The monoisotopic (exact) mass is 214 g/mol. The molecule has 1 unspecified atom stereocenters. The highest BCUT2D eigenvalue weighted by atomic mass is 31.2. The van der Waals surface area contributed by atoms with Gasteiger partial charge in [-0.2, -0.15) is 22.0 Å². The van der Waals surface area contributed by atoms with Crippen LogP contribution in [0.25, 0.3) is 0 Å². The van der Waals surface area contributed by atoms with E-state index in [9.17, 15) is 26.5 Å². The molecule has 0 saturated heterocycles. The smallest absolute Gasteiger partial charge is 0.320 e. The van der Waals surface area contributed by atoms with Crippen LogP contribution in [0.3, 0.4) is 0 Å². The summed E-state index contributed by atoms with van der Waals surface area (Å²) >= 11 is 0. The Morgan fingerprint density at radius 1 is 1.25 bits per heavy atom. The Morgan fingerprint density at radius 3 is 1.67 bits per heavy atom. The summed E-state index contributed by atoms with van der Waals surface area (Å²) in [5, 5.41) is 0. The van der Waals surface area contributed by atoms with E-state index in [-0.39, 0.29) is 0 Å². The van der Waals surface area contributed by atoms with Gasteiger partial charge in [0.15, 0.2) is 0 Å². The molecule has 9 heteroatoms. The number of hydrogen-bond donors (Lipinski definition) is 1. The zero-order valence-electron chi connectivity index (χ0n) is 5.60. The molecule has 0 aromatic carbocycles. The molecule has 0 aliphatic carbocycles. The Balaban J connectivity index is 4.99. The lowest BCUT2D eigenvalue weighted by molar-refractivity contribution is -0.249. The third kappa shape index (κ3) is 1.75. The van der Waals surface area contributed by atoms with E-state index in [1.54, 1.807) is 0 Å². The fraction of sp³-hybridized carbons (Fsp3) is 1.00. The van der Waals surface area contributed by atoms with E-state index in [1.807, 2.05) is 0 Å². The molecule has 1 N–H and O–H groups in total. The van der Waals surface area contributed by atoms with Crippen molar-refractivity contribution in [2.75, 3.05) is 7.11 Å². The molecule has 0 aliphatic rings. The van der Waals surface area contributed by atoms with Gasteiger partial charge in [0.2, 0.25) is 0 Å². The Kier molecular flexibility index (Phi) is 2.89. The molecule has 0 saturated carbocycles. The summed E-state index contributed by atoms with van der Waals surface area (Å²) in [7, 11) is -5.66. The van der Waals surface area contributed by atoms with Crippen molar-refractivity contribution in [2.45, 2.75) is 11.8 Å².